The van der Waals surface area contributed by atoms with Crippen LogP contribution in [0.1, 0.15) is 17.4 Å². The van der Waals surface area contributed by atoms with Gasteiger partial charge < -0.3 is 14.5 Å². The molecule has 3 rings (SSSR count). The van der Waals surface area contributed by atoms with Gasteiger partial charge in [-0.3, -0.25) is 0 Å². The van der Waals surface area contributed by atoms with Crippen molar-refractivity contribution >= 4 is 16.9 Å². The largest absolute Gasteiger partial charge is 0.495 e. The van der Waals surface area contributed by atoms with Gasteiger partial charge in [-0.15, -0.1) is 0 Å². The average Bonchev–Trinajstić information content (AvgIpc) is 2.95. The van der Waals surface area contributed by atoms with Gasteiger partial charge in [-0.1, -0.05) is 42.5 Å². The summed E-state index contributed by atoms with van der Waals surface area (Å²) < 4.78 is 10.6. The van der Waals surface area contributed by atoms with Gasteiger partial charge in [0, 0.05) is 10.9 Å². The van der Waals surface area contributed by atoms with Crippen molar-refractivity contribution in [3.05, 3.63) is 54.2 Å². The SMILES string of the molecule is CCOC(=O)c1[nH]c2c(OC)cccc2c1-c1ccccc1. The number of methoxy groups -OCH3 is 1. The summed E-state index contributed by atoms with van der Waals surface area (Å²) in [6.45, 7) is 2.13. The first-order valence-corrected chi connectivity index (χ1v) is 7.17. The maximum atomic E-state index is 12.3. The Labute approximate surface area is 128 Å². The molecule has 0 fully saturated rings. The zero-order valence-electron chi connectivity index (χ0n) is 12.6. The van der Waals surface area contributed by atoms with Crippen molar-refractivity contribution in [1.29, 1.82) is 0 Å². The molecule has 2 aromatic carbocycles. The molecule has 4 nitrogen and oxygen atoms in total. The standard InChI is InChI=1S/C18H17NO3/c1-3-22-18(20)17-15(12-8-5-4-6-9-12)13-10-7-11-14(21-2)16(13)19-17/h4-11,19H,3H2,1-2H3. The van der Waals surface area contributed by atoms with Crippen molar-refractivity contribution in [2.75, 3.05) is 13.7 Å². The normalized spacial score (nSPS) is 10.6. The van der Waals surface area contributed by atoms with Crippen LogP contribution < -0.4 is 4.74 Å². The molecule has 0 aliphatic heterocycles. The van der Waals surface area contributed by atoms with E-state index in [-0.39, 0.29) is 5.97 Å². The first kappa shape index (κ1) is 14.2. The second kappa shape index (κ2) is 5.93. The number of esters is 1. The minimum Gasteiger partial charge on any atom is -0.495 e. The van der Waals surface area contributed by atoms with Gasteiger partial charge in [0.25, 0.3) is 0 Å². The number of aromatic nitrogens is 1. The number of para-hydroxylation sites is 1. The quantitative estimate of drug-likeness (QED) is 0.740. The van der Waals surface area contributed by atoms with Crippen molar-refractivity contribution in [2.24, 2.45) is 0 Å². The van der Waals surface area contributed by atoms with E-state index in [1.165, 1.54) is 0 Å². The topological polar surface area (TPSA) is 51.3 Å². The first-order valence-electron chi connectivity index (χ1n) is 7.17. The summed E-state index contributed by atoms with van der Waals surface area (Å²) in [7, 11) is 1.61. The van der Waals surface area contributed by atoms with Gasteiger partial charge in [0.2, 0.25) is 0 Å². The van der Waals surface area contributed by atoms with Gasteiger partial charge in [0.05, 0.1) is 19.2 Å². The molecule has 22 heavy (non-hydrogen) atoms. The Morgan fingerprint density at radius 1 is 1.09 bits per heavy atom. The number of hydrogen-bond donors (Lipinski definition) is 1. The molecule has 112 valence electrons. The molecule has 0 amide bonds. The predicted octanol–water partition coefficient (Wildman–Crippen LogP) is 4.02. The number of nitrogens with one attached hydrogen (secondary N) is 1. The highest BCUT2D eigenvalue weighted by Gasteiger charge is 2.21. The number of fused-ring (bicyclic) bond motifs is 1. The third-order valence-corrected chi connectivity index (χ3v) is 3.56. The van der Waals surface area contributed by atoms with Crippen molar-refractivity contribution < 1.29 is 14.3 Å². The summed E-state index contributed by atoms with van der Waals surface area (Å²) in [6.07, 6.45) is 0. The molecule has 0 unspecified atom stereocenters. The lowest BCUT2D eigenvalue weighted by atomic mass is 10.0. The lowest BCUT2D eigenvalue weighted by molar-refractivity contribution is 0.0521. The number of H-pyrrole nitrogens is 1. The number of carbonyl (C=O) groups excluding carboxylic acids is 1. The van der Waals surface area contributed by atoms with Crippen molar-refractivity contribution in [2.45, 2.75) is 6.92 Å². The van der Waals surface area contributed by atoms with Crippen LogP contribution in [0.2, 0.25) is 0 Å². The Morgan fingerprint density at radius 2 is 1.86 bits per heavy atom. The fraction of sp³-hybridized carbons (Fsp3) is 0.167. The van der Waals surface area contributed by atoms with Crippen LogP contribution in [0.3, 0.4) is 0 Å². The van der Waals surface area contributed by atoms with E-state index in [4.69, 9.17) is 9.47 Å². The van der Waals surface area contributed by atoms with Crippen molar-refractivity contribution in [1.82, 2.24) is 4.98 Å². The third-order valence-electron chi connectivity index (χ3n) is 3.56. The highest BCUT2D eigenvalue weighted by molar-refractivity contribution is 6.09. The molecule has 0 atom stereocenters. The fourth-order valence-electron chi connectivity index (χ4n) is 2.62. The van der Waals surface area contributed by atoms with E-state index in [0.717, 1.165) is 22.0 Å². The maximum absolute atomic E-state index is 12.3. The van der Waals surface area contributed by atoms with Crippen LogP contribution in [0.5, 0.6) is 5.75 Å². The Morgan fingerprint density at radius 3 is 2.55 bits per heavy atom. The molecular weight excluding hydrogens is 278 g/mol. The molecule has 1 N–H and O–H groups in total. The molecule has 0 saturated carbocycles. The molecule has 0 spiro atoms. The minimum atomic E-state index is -0.361. The second-order valence-corrected chi connectivity index (χ2v) is 4.84. The average molecular weight is 295 g/mol. The van der Waals surface area contributed by atoms with Crippen LogP contribution >= 0.6 is 0 Å². The van der Waals surface area contributed by atoms with E-state index < -0.39 is 0 Å². The van der Waals surface area contributed by atoms with Gasteiger partial charge >= 0.3 is 5.97 Å². The summed E-state index contributed by atoms with van der Waals surface area (Å²) in [5.74, 6) is 0.338. The smallest absolute Gasteiger partial charge is 0.355 e. The molecule has 4 heteroatoms. The lowest BCUT2D eigenvalue weighted by Gasteiger charge is -2.05. The van der Waals surface area contributed by atoms with Gasteiger partial charge in [-0.25, -0.2) is 4.79 Å². The minimum absolute atomic E-state index is 0.333. The van der Waals surface area contributed by atoms with Crippen LogP contribution in [0.15, 0.2) is 48.5 Å². The zero-order valence-corrected chi connectivity index (χ0v) is 12.6. The fourth-order valence-corrected chi connectivity index (χ4v) is 2.62. The highest BCUT2D eigenvalue weighted by atomic mass is 16.5. The van der Waals surface area contributed by atoms with E-state index in [1.54, 1.807) is 14.0 Å². The molecule has 0 bridgehead atoms. The number of hydrogen-bond acceptors (Lipinski definition) is 3. The number of benzene rings is 2. The first-order chi connectivity index (χ1) is 10.8. The van der Waals surface area contributed by atoms with Gasteiger partial charge in [0.1, 0.15) is 11.4 Å². The molecule has 0 radical (unpaired) electrons. The summed E-state index contributed by atoms with van der Waals surface area (Å²) in [5, 5.41) is 0.939. The number of ether oxygens (including phenoxy) is 2. The Balaban J connectivity index is 2.31. The molecule has 0 aliphatic rings. The van der Waals surface area contributed by atoms with Gasteiger partial charge in [-0.05, 0) is 18.6 Å². The Hall–Kier alpha value is -2.75. The number of rotatable bonds is 4. The van der Waals surface area contributed by atoms with Crippen molar-refractivity contribution in [3.63, 3.8) is 0 Å². The van der Waals surface area contributed by atoms with Crippen LogP contribution in [0.25, 0.3) is 22.0 Å². The summed E-state index contributed by atoms with van der Waals surface area (Å²) >= 11 is 0. The molecule has 0 aliphatic carbocycles. The zero-order chi connectivity index (χ0) is 15.5. The molecule has 0 saturated heterocycles. The van der Waals surface area contributed by atoms with E-state index in [0.29, 0.717) is 18.1 Å². The van der Waals surface area contributed by atoms with E-state index in [2.05, 4.69) is 4.98 Å². The van der Waals surface area contributed by atoms with Gasteiger partial charge in [-0.2, -0.15) is 0 Å². The van der Waals surface area contributed by atoms with E-state index in [1.807, 2.05) is 48.5 Å². The van der Waals surface area contributed by atoms with E-state index >= 15 is 0 Å². The van der Waals surface area contributed by atoms with Crippen LogP contribution in [0, 0.1) is 0 Å². The molecule has 1 heterocycles. The third kappa shape index (κ3) is 2.33. The number of aromatic amines is 1. The molecule has 3 aromatic rings. The summed E-state index contributed by atoms with van der Waals surface area (Å²) in [4.78, 5) is 15.5. The van der Waals surface area contributed by atoms with Gasteiger partial charge in [0.15, 0.2) is 0 Å². The molecular formula is C18H17NO3. The number of carbonyl (C=O) groups is 1. The Kier molecular flexibility index (Phi) is 3.83. The monoisotopic (exact) mass is 295 g/mol. The maximum Gasteiger partial charge on any atom is 0.355 e. The predicted molar refractivity (Wildman–Crippen MR) is 86.2 cm³/mol. The Bertz CT molecular complexity index is 806. The van der Waals surface area contributed by atoms with Crippen LogP contribution in [-0.4, -0.2) is 24.7 Å². The van der Waals surface area contributed by atoms with E-state index in [9.17, 15) is 4.79 Å². The lowest BCUT2D eigenvalue weighted by Crippen LogP contribution is -2.06. The molecule has 1 aromatic heterocycles. The van der Waals surface area contributed by atoms with Crippen LogP contribution in [-0.2, 0) is 4.74 Å². The summed E-state index contributed by atoms with van der Waals surface area (Å²) in [6, 6.07) is 15.5. The summed E-state index contributed by atoms with van der Waals surface area (Å²) in [5.41, 5.74) is 3.05. The highest BCUT2D eigenvalue weighted by Crippen LogP contribution is 2.36. The van der Waals surface area contributed by atoms with Crippen molar-refractivity contribution in [3.8, 4) is 16.9 Å². The van der Waals surface area contributed by atoms with Crippen LogP contribution in [0.4, 0.5) is 0 Å². The second-order valence-electron chi connectivity index (χ2n) is 4.84.